The van der Waals surface area contributed by atoms with Gasteiger partial charge in [0.25, 0.3) is 5.91 Å². The first kappa shape index (κ1) is 15.1. The van der Waals surface area contributed by atoms with E-state index in [2.05, 4.69) is 18.3 Å². The van der Waals surface area contributed by atoms with Crippen LogP contribution in [-0.2, 0) is 0 Å². The van der Waals surface area contributed by atoms with Crippen molar-refractivity contribution in [3.63, 3.8) is 0 Å². The molecule has 3 aromatic carbocycles. The predicted molar refractivity (Wildman–Crippen MR) is 94.1 cm³/mol. The molecule has 0 spiro atoms. The highest BCUT2D eigenvalue weighted by atomic mass is 16.5. The maximum atomic E-state index is 12.3. The molecule has 0 aliphatic rings. The smallest absolute Gasteiger partial charge is 0.255 e. The van der Waals surface area contributed by atoms with E-state index in [4.69, 9.17) is 4.74 Å². The zero-order valence-corrected chi connectivity index (χ0v) is 13.1. The third kappa shape index (κ3) is 3.69. The summed E-state index contributed by atoms with van der Waals surface area (Å²) in [6.07, 6.45) is 0.963. The van der Waals surface area contributed by atoms with Gasteiger partial charge in [0.2, 0.25) is 0 Å². The van der Waals surface area contributed by atoms with Gasteiger partial charge in [0.1, 0.15) is 5.75 Å². The molecule has 0 aliphatic carbocycles. The van der Waals surface area contributed by atoms with E-state index >= 15 is 0 Å². The summed E-state index contributed by atoms with van der Waals surface area (Å²) in [6.45, 7) is 2.74. The number of fused-ring (bicyclic) bond motifs is 1. The first-order chi connectivity index (χ1) is 11.3. The van der Waals surface area contributed by atoms with Gasteiger partial charge >= 0.3 is 0 Å². The minimum absolute atomic E-state index is 0.123. The van der Waals surface area contributed by atoms with Crippen LogP contribution in [0, 0.1) is 0 Å². The van der Waals surface area contributed by atoms with Gasteiger partial charge < -0.3 is 10.1 Å². The van der Waals surface area contributed by atoms with Crippen LogP contribution >= 0.6 is 0 Å². The van der Waals surface area contributed by atoms with E-state index in [9.17, 15) is 4.79 Å². The highest BCUT2D eigenvalue weighted by Gasteiger charge is 2.06. The monoisotopic (exact) mass is 305 g/mol. The summed E-state index contributed by atoms with van der Waals surface area (Å²) >= 11 is 0. The average molecular weight is 305 g/mol. The molecule has 1 amide bonds. The van der Waals surface area contributed by atoms with Crippen LogP contribution in [0.15, 0.2) is 66.7 Å². The number of hydrogen-bond acceptors (Lipinski definition) is 2. The van der Waals surface area contributed by atoms with E-state index in [1.54, 1.807) is 12.1 Å². The Morgan fingerprint density at radius 1 is 0.957 bits per heavy atom. The summed E-state index contributed by atoms with van der Waals surface area (Å²) in [5.41, 5.74) is 1.40. The maximum Gasteiger partial charge on any atom is 0.255 e. The second kappa shape index (κ2) is 6.97. The van der Waals surface area contributed by atoms with Gasteiger partial charge in [-0.15, -0.1) is 0 Å². The molecule has 0 bridgehead atoms. The molecule has 3 rings (SSSR count). The molecule has 116 valence electrons. The van der Waals surface area contributed by atoms with E-state index < -0.39 is 0 Å². The van der Waals surface area contributed by atoms with Crippen LogP contribution in [0.3, 0.4) is 0 Å². The minimum Gasteiger partial charge on any atom is -0.494 e. The summed E-state index contributed by atoms with van der Waals surface area (Å²) in [6, 6.07) is 21.2. The van der Waals surface area contributed by atoms with Crippen molar-refractivity contribution < 1.29 is 9.53 Å². The van der Waals surface area contributed by atoms with E-state index in [1.165, 1.54) is 0 Å². The first-order valence-corrected chi connectivity index (χ1v) is 7.79. The Morgan fingerprint density at radius 2 is 1.70 bits per heavy atom. The number of nitrogens with one attached hydrogen (secondary N) is 1. The molecule has 0 aromatic heterocycles. The molecule has 3 aromatic rings. The van der Waals surface area contributed by atoms with E-state index in [-0.39, 0.29) is 5.91 Å². The highest BCUT2D eigenvalue weighted by molar-refractivity contribution is 6.05. The number of carbonyl (C=O) groups excluding carboxylic acids is 1. The van der Waals surface area contributed by atoms with Crippen molar-refractivity contribution in [2.75, 3.05) is 11.9 Å². The number of benzene rings is 3. The van der Waals surface area contributed by atoms with E-state index in [0.29, 0.717) is 12.2 Å². The van der Waals surface area contributed by atoms with Gasteiger partial charge in [0.15, 0.2) is 0 Å². The Labute approximate surface area is 135 Å². The second-order valence-electron chi connectivity index (χ2n) is 5.39. The molecule has 0 aliphatic heterocycles. The Morgan fingerprint density at radius 3 is 2.43 bits per heavy atom. The van der Waals surface area contributed by atoms with E-state index in [0.717, 1.165) is 28.6 Å². The van der Waals surface area contributed by atoms with Crippen molar-refractivity contribution in [1.82, 2.24) is 0 Å². The summed E-state index contributed by atoms with van der Waals surface area (Å²) in [4.78, 5) is 12.3. The molecule has 1 N–H and O–H groups in total. The van der Waals surface area contributed by atoms with Crippen LogP contribution < -0.4 is 10.1 Å². The number of anilines is 1. The van der Waals surface area contributed by atoms with Crippen LogP contribution in [0.5, 0.6) is 5.75 Å². The first-order valence-electron chi connectivity index (χ1n) is 7.79. The molecule has 0 saturated carbocycles. The Kier molecular flexibility index (Phi) is 4.57. The second-order valence-corrected chi connectivity index (χ2v) is 5.39. The summed E-state index contributed by atoms with van der Waals surface area (Å²) in [5, 5.41) is 5.19. The van der Waals surface area contributed by atoms with Crippen molar-refractivity contribution in [2.24, 2.45) is 0 Å². The molecule has 0 saturated heterocycles. The summed E-state index contributed by atoms with van der Waals surface area (Å²) in [7, 11) is 0. The minimum atomic E-state index is -0.123. The number of rotatable bonds is 5. The Hall–Kier alpha value is -2.81. The fraction of sp³-hybridized carbons (Fsp3) is 0.150. The Bertz CT molecular complexity index is 809. The molecule has 0 fully saturated rings. The zero-order chi connectivity index (χ0) is 16.1. The number of amides is 1. The molecule has 3 heteroatoms. The van der Waals surface area contributed by atoms with Crippen LogP contribution in [0.2, 0.25) is 0 Å². The van der Waals surface area contributed by atoms with Gasteiger partial charge in [-0.2, -0.15) is 0 Å². The standard InChI is InChI=1S/C20H19NO2/c1-2-13-23-19-11-8-16(9-12-19)20(22)21-18-10-7-15-5-3-4-6-17(15)14-18/h3-12,14H,2,13H2,1H3,(H,21,22). The molecule has 0 atom stereocenters. The van der Waals surface area contributed by atoms with Gasteiger partial charge in [-0.25, -0.2) is 0 Å². The van der Waals surface area contributed by atoms with Gasteiger partial charge in [-0.1, -0.05) is 37.3 Å². The third-order valence-corrected chi connectivity index (χ3v) is 3.60. The van der Waals surface area contributed by atoms with E-state index in [1.807, 2.05) is 48.5 Å². The fourth-order valence-electron chi connectivity index (χ4n) is 2.39. The highest BCUT2D eigenvalue weighted by Crippen LogP contribution is 2.20. The van der Waals surface area contributed by atoms with Crippen LogP contribution in [0.1, 0.15) is 23.7 Å². The quantitative estimate of drug-likeness (QED) is 0.729. The topological polar surface area (TPSA) is 38.3 Å². The fourth-order valence-corrected chi connectivity index (χ4v) is 2.39. The summed E-state index contributed by atoms with van der Waals surface area (Å²) < 4.78 is 5.52. The SMILES string of the molecule is CCCOc1ccc(C(=O)Nc2ccc3ccccc3c2)cc1. The third-order valence-electron chi connectivity index (χ3n) is 3.60. The van der Waals surface area contributed by atoms with Crippen molar-refractivity contribution in [3.8, 4) is 5.75 Å². The van der Waals surface area contributed by atoms with Crippen LogP contribution in [-0.4, -0.2) is 12.5 Å². The normalized spacial score (nSPS) is 10.5. The lowest BCUT2D eigenvalue weighted by Crippen LogP contribution is -2.11. The van der Waals surface area contributed by atoms with Gasteiger partial charge in [-0.3, -0.25) is 4.79 Å². The van der Waals surface area contributed by atoms with Crippen LogP contribution in [0.25, 0.3) is 10.8 Å². The largest absolute Gasteiger partial charge is 0.494 e. The molecule has 0 heterocycles. The number of hydrogen-bond donors (Lipinski definition) is 1. The molecular formula is C20H19NO2. The van der Waals surface area contributed by atoms with Gasteiger partial charge in [0.05, 0.1) is 6.61 Å². The van der Waals surface area contributed by atoms with Gasteiger partial charge in [0, 0.05) is 11.3 Å². The molecule has 3 nitrogen and oxygen atoms in total. The molecule has 23 heavy (non-hydrogen) atoms. The van der Waals surface area contributed by atoms with Gasteiger partial charge in [-0.05, 0) is 53.6 Å². The lowest BCUT2D eigenvalue weighted by Gasteiger charge is -2.08. The average Bonchev–Trinajstić information content (AvgIpc) is 2.60. The lowest BCUT2D eigenvalue weighted by atomic mass is 10.1. The molecular weight excluding hydrogens is 286 g/mol. The Balaban J connectivity index is 1.72. The van der Waals surface area contributed by atoms with Crippen molar-refractivity contribution in [3.05, 3.63) is 72.3 Å². The molecule has 0 radical (unpaired) electrons. The van der Waals surface area contributed by atoms with Crippen LogP contribution in [0.4, 0.5) is 5.69 Å². The number of carbonyl (C=O) groups is 1. The maximum absolute atomic E-state index is 12.3. The summed E-state index contributed by atoms with van der Waals surface area (Å²) in [5.74, 6) is 0.663. The number of ether oxygens (including phenoxy) is 1. The predicted octanol–water partition coefficient (Wildman–Crippen LogP) is 4.88. The van der Waals surface area contributed by atoms with Crippen molar-refractivity contribution in [1.29, 1.82) is 0 Å². The zero-order valence-electron chi connectivity index (χ0n) is 13.1. The van der Waals surface area contributed by atoms with Crippen molar-refractivity contribution >= 4 is 22.4 Å². The molecule has 0 unspecified atom stereocenters. The van der Waals surface area contributed by atoms with Crippen molar-refractivity contribution in [2.45, 2.75) is 13.3 Å². The lowest BCUT2D eigenvalue weighted by molar-refractivity contribution is 0.102.